The van der Waals surface area contributed by atoms with Gasteiger partial charge in [0.15, 0.2) is 0 Å². The lowest BCUT2D eigenvalue weighted by Gasteiger charge is -1.93. The lowest BCUT2D eigenvalue weighted by atomic mass is 10.0. The third-order valence-corrected chi connectivity index (χ3v) is 2.57. The second-order valence-corrected chi connectivity index (χ2v) is 3.56. The van der Waals surface area contributed by atoms with E-state index in [4.69, 9.17) is 0 Å². The van der Waals surface area contributed by atoms with Crippen LogP contribution in [0.2, 0.25) is 0 Å². The van der Waals surface area contributed by atoms with Crippen molar-refractivity contribution in [3.05, 3.63) is 75.9 Å². The third-order valence-electron chi connectivity index (χ3n) is 2.57. The number of hydrogen-bond donors (Lipinski definition) is 0. The Morgan fingerprint density at radius 2 is 1.93 bits per heavy atom. The molecule has 0 atom stereocenters. The smallest absolute Gasteiger partial charge is 0.103 e. The predicted molar refractivity (Wildman–Crippen MR) is 62.4 cm³/mol. The van der Waals surface area contributed by atoms with E-state index >= 15 is 0 Å². The van der Waals surface area contributed by atoms with Gasteiger partial charge in [0, 0.05) is 30.4 Å². The van der Waals surface area contributed by atoms with Gasteiger partial charge in [0.05, 0.1) is 10.8 Å². The van der Waals surface area contributed by atoms with Crippen molar-refractivity contribution < 1.29 is 0 Å². The largest absolute Gasteiger partial charge is 0.131 e. The fourth-order valence-electron chi connectivity index (χ4n) is 1.78. The van der Waals surface area contributed by atoms with Crippen LogP contribution in [0.1, 0.15) is 0 Å². The Hall–Kier alpha value is -2.13. The van der Waals surface area contributed by atoms with E-state index < -0.39 is 0 Å². The quantitative estimate of drug-likeness (QED) is 0.430. The molecule has 0 spiro atoms. The molecule has 2 aliphatic rings. The van der Waals surface area contributed by atoms with E-state index in [1.54, 1.807) is 0 Å². The van der Waals surface area contributed by atoms with E-state index in [0.717, 1.165) is 10.8 Å². The van der Waals surface area contributed by atoms with Crippen LogP contribution in [0.15, 0.2) is 65.4 Å². The molecule has 0 N–H and O–H groups in total. The lowest BCUT2D eigenvalue weighted by molar-refractivity contribution is 1.51. The maximum atomic E-state index is 3.42. The zero-order valence-corrected chi connectivity index (χ0v) is 8.20. The maximum absolute atomic E-state index is 3.42. The summed E-state index contributed by atoms with van der Waals surface area (Å²) >= 11 is 0. The normalized spacial score (nSPS) is 15.7. The van der Waals surface area contributed by atoms with Crippen molar-refractivity contribution >= 4 is 12.2 Å². The topological polar surface area (TPSA) is 0 Å². The minimum absolute atomic E-state index is 1.13. The molecule has 0 fully saturated rings. The van der Waals surface area contributed by atoms with Crippen LogP contribution in [0.25, 0.3) is 12.2 Å². The molecule has 0 heteroatoms. The Kier molecular flexibility index (Phi) is 1.76. The zero-order chi connectivity index (χ0) is 10.1. The molecule has 0 aliphatic heterocycles. The van der Waals surface area contributed by atoms with Crippen molar-refractivity contribution in [1.29, 1.82) is 0 Å². The molecule has 0 unspecified atom stereocenters. The molecule has 0 aromatic heterocycles. The zero-order valence-electron chi connectivity index (χ0n) is 8.20. The molecule has 0 bridgehead atoms. The molecule has 68 valence electrons. The van der Waals surface area contributed by atoms with Crippen LogP contribution in [0.3, 0.4) is 0 Å². The summed E-state index contributed by atoms with van der Waals surface area (Å²) in [6, 6.07) is 8.28. The molecule has 15 heavy (non-hydrogen) atoms. The van der Waals surface area contributed by atoms with E-state index in [1.165, 1.54) is 10.8 Å². The Balaban J connectivity index is 2.37. The summed E-state index contributed by atoms with van der Waals surface area (Å²) in [6.45, 7) is 0. The lowest BCUT2D eigenvalue weighted by Crippen LogP contribution is -2.22. The molecule has 0 heterocycles. The Morgan fingerprint density at radius 1 is 1.00 bits per heavy atom. The Labute approximate surface area is 88.6 Å². The van der Waals surface area contributed by atoms with Gasteiger partial charge in [-0.15, -0.1) is 5.73 Å². The van der Waals surface area contributed by atoms with Gasteiger partial charge in [-0.1, -0.05) is 0 Å². The van der Waals surface area contributed by atoms with Crippen LogP contribution in [0.5, 0.6) is 0 Å². The van der Waals surface area contributed by atoms with Crippen LogP contribution in [-0.2, 0) is 0 Å². The van der Waals surface area contributed by atoms with E-state index in [9.17, 15) is 0 Å². The molecule has 1 aromatic carbocycles. The molecule has 0 saturated carbocycles. The fourth-order valence-corrected chi connectivity index (χ4v) is 1.78. The van der Waals surface area contributed by atoms with Crippen LogP contribution >= 0.6 is 0 Å². The van der Waals surface area contributed by atoms with Crippen molar-refractivity contribution in [1.82, 2.24) is 0 Å². The van der Waals surface area contributed by atoms with Crippen molar-refractivity contribution in [3.8, 4) is 0 Å². The molecule has 0 saturated heterocycles. The second kappa shape index (κ2) is 3.22. The van der Waals surface area contributed by atoms with Gasteiger partial charge in [-0.05, 0) is 30.4 Å². The summed E-state index contributed by atoms with van der Waals surface area (Å²) < 4.78 is 0. The monoisotopic (exact) mass is 189 g/mol. The van der Waals surface area contributed by atoms with Gasteiger partial charge in [0.2, 0.25) is 0 Å². The molecule has 0 nitrogen and oxygen atoms in total. The van der Waals surface area contributed by atoms with Gasteiger partial charge in [0.1, 0.15) is 10.8 Å². The number of benzene rings is 1. The predicted octanol–water partition coefficient (Wildman–Crippen LogP) is 1.72. The van der Waals surface area contributed by atoms with Gasteiger partial charge < -0.3 is 0 Å². The SMILES string of the molecule is C1=CC=C2[C+]=c3ccccc3=CC=C2C=1. The van der Waals surface area contributed by atoms with Crippen LogP contribution in [-0.4, -0.2) is 0 Å². The molecule has 0 amide bonds. The average molecular weight is 189 g/mol. The highest BCUT2D eigenvalue weighted by atomic mass is 14.1. The summed E-state index contributed by atoms with van der Waals surface area (Å²) in [5, 5.41) is 2.37. The highest BCUT2D eigenvalue weighted by Crippen LogP contribution is 2.16. The average Bonchev–Trinajstić information content (AvgIpc) is 2.48. The molecule has 1 aromatic rings. The number of allylic oxidation sites excluding steroid dienone is 5. The summed E-state index contributed by atoms with van der Waals surface area (Å²) in [5.41, 5.74) is 5.39. The van der Waals surface area contributed by atoms with Gasteiger partial charge in [-0.25, -0.2) is 0 Å². The Bertz CT molecular complexity index is 646. The molecule has 2 aliphatic carbocycles. The van der Waals surface area contributed by atoms with Crippen molar-refractivity contribution in [2.75, 3.05) is 0 Å². The van der Waals surface area contributed by atoms with Crippen LogP contribution in [0.4, 0.5) is 0 Å². The molecule has 3 rings (SSSR count). The standard InChI is InChI=1S/C15H9/c1-3-7-14-11-15-8-4-2-6-13(15)10-9-12(14)5-1/h1,3-10H/q+1. The second-order valence-electron chi connectivity index (χ2n) is 3.56. The van der Waals surface area contributed by atoms with Gasteiger partial charge in [-0.3, -0.25) is 0 Å². The number of rotatable bonds is 0. The van der Waals surface area contributed by atoms with Crippen LogP contribution < -0.4 is 10.4 Å². The maximum Gasteiger partial charge on any atom is 0.131 e. The minimum atomic E-state index is 1.13. The minimum Gasteiger partial charge on any atom is -0.103 e. The first-order chi connectivity index (χ1) is 7.43. The van der Waals surface area contributed by atoms with Crippen molar-refractivity contribution in [3.63, 3.8) is 0 Å². The van der Waals surface area contributed by atoms with E-state index in [0.29, 0.717) is 0 Å². The number of fused-ring (bicyclic) bond motifs is 2. The summed E-state index contributed by atoms with van der Waals surface area (Å²) in [4.78, 5) is 0. The number of hydrogen-bond acceptors (Lipinski definition) is 0. The van der Waals surface area contributed by atoms with Gasteiger partial charge >= 0.3 is 0 Å². The van der Waals surface area contributed by atoms with Gasteiger partial charge in [0.25, 0.3) is 0 Å². The van der Waals surface area contributed by atoms with Crippen LogP contribution in [0, 0.1) is 0 Å². The highest BCUT2D eigenvalue weighted by Gasteiger charge is 2.10. The van der Waals surface area contributed by atoms with Crippen molar-refractivity contribution in [2.24, 2.45) is 0 Å². The first-order valence-electron chi connectivity index (χ1n) is 4.98. The Morgan fingerprint density at radius 3 is 2.93 bits per heavy atom. The first kappa shape index (κ1) is 8.20. The van der Waals surface area contributed by atoms with Crippen molar-refractivity contribution in [2.45, 2.75) is 0 Å². The summed E-state index contributed by atoms with van der Waals surface area (Å²) in [6.07, 6.45) is 13.6. The van der Waals surface area contributed by atoms with E-state index in [2.05, 4.69) is 36.1 Å². The molecular weight excluding hydrogens is 180 g/mol. The fraction of sp³-hybridized carbons (Fsp3) is 0. The van der Waals surface area contributed by atoms with Gasteiger partial charge in [-0.2, -0.15) is 0 Å². The summed E-state index contributed by atoms with van der Waals surface area (Å²) in [5.74, 6) is 0. The molecular formula is C15H9+. The third kappa shape index (κ3) is 1.39. The molecule has 0 radical (unpaired) electrons. The van der Waals surface area contributed by atoms with E-state index in [-0.39, 0.29) is 0 Å². The first-order valence-corrected chi connectivity index (χ1v) is 4.98. The van der Waals surface area contributed by atoms with E-state index in [1.807, 2.05) is 30.4 Å². The summed E-state index contributed by atoms with van der Waals surface area (Å²) in [7, 11) is 0. The highest BCUT2D eigenvalue weighted by molar-refractivity contribution is 5.68.